The number of nitrogens with one attached hydrogen (secondary N) is 1. The van der Waals surface area contributed by atoms with Gasteiger partial charge < -0.3 is 14.5 Å². The summed E-state index contributed by atoms with van der Waals surface area (Å²) in [6, 6.07) is 17.5. The zero-order valence-corrected chi connectivity index (χ0v) is 15.5. The Balaban J connectivity index is 1.63. The molecule has 6 nitrogen and oxygen atoms in total. The largest absolute Gasteiger partial charge is 0.496 e. The van der Waals surface area contributed by atoms with Crippen LogP contribution in [0.2, 0.25) is 0 Å². The molecule has 140 valence electrons. The van der Waals surface area contributed by atoms with E-state index in [0.29, 0.717) is 24.7 Å². The van der Waals surface area contributed by atoms with E-state index in [9.17, 15) is 4.79 Å². The molecule has 0 aliphatic heterocycles. The topological polar surface area (TPSA) is 77.2 Å². The lowest BCUT2D eigenvalue weighted by atomic mass is 9.95. The van der Waals surface area contributed by atoms with Crippen molar-refractivity contribution in [1.82, 2.24) is 15.5 Å². The van der Waals surface area contributed by atoms with Gasteiger partial charge in [0.1, 0.15) is 5.75 Å². The number of benzene rings is 2. The average Bonchev–Trinajstić information content (AvgIpc) is 3.13. The van der Waals surface area contributed by atoms with E-state index in [1.165, 1.54) is 0 Å². The van der Waals surface area contributed by atoms with Crippen molar-refractivity contribution >= 4 is 5.91 Å². The highest BCUT2D eigenvalue weighted by Crippen LogP contribution is 2.27. The van der Waals surface area contributed by atoms with Gasteiger partial charge in [0.05, 0.1) is 13.0 Å². The number of rotatable bonds is 8. The number of carbonyl (C=O) groups excluding carboxylic acids is 1. The summed E-state index contributed by atoms with van der Waals surface area (Å²) in [6.45, 7) is 2.27. The fourth-order valence-electron chi connectivity index (χ4n) is 2.99. The summed E-state index contributed by atoms with van der Waals surface area (Å²) < 4.78 is 10.9. The van der Waals surface area contributed by atoms with Crippen molar-refractivity contribution in [2.75, 3.05) is 13.7 Å². The van der Waals surface area contributed by atoms with Crippen LogP contribution in [0.5, 0.6) is 5.75 Å². The van der Waals surface area contributed by atoms with Crippen LogP contribution >= 0.6 is 0 Å². The van der Waals surface area contributed by atoms with Gasteiger partial charge in [0, 0.05) is 19.9 Å². The van der Waals surface area contributed by atoms with Gasteiger partial charge in [-0.05, 0) is 23.6 Å². The van der Waals surface area contributed by atoms with Crippen molar-refractivity contribution in [3.8, 4) is 5.75 Å². The Morgan fingerprint density at radius 2 is 1.85 bits per heavy atom. The molecule has 1 N–H and O–H groups in total. The Kier molecular flexibility index (Phi) is 6.20. The number of aryl methyl sites for hydroxylation is 1. The normalized spacial score (nSPS) is 11.8. The number of amides is 1. The molecule has 1 aromatic heterocycles. The Labute approximate surface area is 158 Å². The Bertz CT molecular complexity index is 877. The Hall–Kier alpha value is -3.15. The smallest absolute Gasteiger partial charge is 0.224 e. The quantitative estimate of drug-likeness (QED) is 0.663. The summed E-state index contributed by atoms with van der Waals surface area (Å²) in [5, 5.41) is 11.0. The number of para-hydroxylation sites is 1. The van der Waals surface area contributed by atoms with Gasteiger partial charge in [-0.3, -0.25) is 4.79 Å². The van der Waals surface area contributed by atoms with Crippen LogP contribution in [0.25, 0.3) is 0 Å². The number of hydrogen-bond donors (Lipinski definition) is 1. The summed E-state index contributed by atoms with van der Waals surface area (Å²) in [6.07, 6.45) is 0.947. The van der Waals surface area contributed by atoms with Gasteiger partial charge in [-0.1, -0.05) is 48.5 Å². The third-order valence-corrected chi connectivity index (χ3v) is 4.34. The van der Waals surface area contributed by atoms with E-state index in [-0.39, 0.29) is 18.2 Å². The maximum Gasteiger partial charge on any atom is 0.224 e. The van der Waals surface area contributed by atoms with E-state index in [0.717, 1.165) is 16.9 Å². The van der Waals surface area contributed by atoms with Crippen molar-refractivity contribution in [2.45, 2.75) is 25.7 Å². The van der Waals surface area contributed by atoms with E-state index in [2.05, 4.69) is 15.5 Å². The molecule has 0 spiro atoms. The molecule has 3 aromatic rings. The zero-order valence-electron chi connectivity index (χ0n) is 15.5. The zero-order chi connectivity index (χ0) is 19.1. The summed E-state index contributed by atoms with van der Waals surface area (Å²) >= 11 is 0. The van der Waals surface area contributed by atoms with Crippen molar-refractivity contribution < 1.29 is 13.9 Å². The first-order valence-corrected chi connectivity index (χ1v) is 8.91. The lowest BCUT2D eigenvalue weighted by Crippen LogP contribution is -2.27. The van der Waals surface area contributed by atoms with Gasteiger partial charge in [-0.25, -0.2) is 0 Å². The van der Waals surface area contributed by atoms with Gasteiger partial charge in [0.25, 0.3) is 0 Å². The SMILES string of the molecule is COc1ccccc1CCNC(=O)CC(c1ccccc1)c1nnc(C)o1. The van der Waals surface area contributed by atoms with Crippen LogP contribution < -0.4 is 10.1 Å². The van der Waals surface area contributed by atoms with Crippen LogP contribution in [0.15, 0.2) is 59.0 Å². The minimum atomic E-state index is -0.265. The predicted octanol–water partition coefficient (Wildman–Crippen LogP) is 3.27. The maximum atomic E-state index is 12.5. The van der Waals surface area contributed by atoms with E-state index in [1.807, 2.05) is 54.6 Å². The number of hydrogen-bond acceptors (Lipinski definition) is 5. The van der Waals surface area contributed by atoms with Gasteiger partial charge in [-0.15, -0.1) is 10.2 Å². The van der Waals surface area contributed by atoms with Crippen LogP contribution in [0.1, 0.15) is 35.2 Å². The Morgan fingerprint density at radius 1 is 1.11 bits per heavy atom. The van der Waals surface area contributed by atoms with Crippen LogP contribution in [-0.2, 0) is 11.2 Å². The number of nitrogens with zero attached hydrogens (tertiary/aromatic N) is 2. The van der Waals surface area contributed by atoms with Crippen LogP contribution in [0.4, 0.5) is 0 Å². The molecule has 0 aliphatic rings. The highest BCUT2D eigenvalue weighted by Gasteiger charge is 2.23. The average molecular weight is 365 g/mol. The lowest BCUT2D eigenvalue weighted by molar-refractivity contribution is -0.121. The van der Waals surface area contributed by atoms with Gasteiger partial charge in [0.15, 0.2) is 0 Å². The molecule has 1 heterocycles. The number of ether oxygens (including phenoxy) is 1. The van der Waals surface area contributed by atoms with E-state index in [4.69, 9.17) is 9.15 Å². The molecule has 1 atom stereocenters. The molecule has 0 saturated heterocycles. The summed E-state index contributed by atoms with van der Waals surface area (Å²) in [5.41, 5.74) is 2.04. The van der Waals surface area contributed by atoms with Crippen molar-refractivity contribution in [3.63, 3.8) is 0 Å². The molecular formula is C21H23N3O3. The molecule has 0 aliphatic carbocycles. The molecule has 27 heavy (non-hydrogen) atoms. The minimum Gasteiger partial charge on any atom is -0.496 e. The molecule has 3 rings (SSSR count). The second-order valence-corrected chi connectivity index (χ2v) is 6.24. The van der Waals surface area contributed by atoms with E-state index < -0.39 is 0 Å². The second-order valence-electron chi connectivity index (χ2n) is 6.24. The van der Waals surface area contributed by atoms with Crippen LogP contribution in [0, 0.1) is 6.92 Å². The van der Waals surface area contributed by atoms with Crippen molar-refractivity contribution in [2.24, 2.45) is 0 Å². The highest BCUT2D eigenvalue weighted by atomic mass is 16.5. The predicted molar refractivity (Wildman–Crippen MR) is 102 cm³/mol. The molecule has 2 aromatic carbocycles. The molecule has 6 heteroatoms. The first-order valence-electron chi connectivity index (χ1n) is 8.91. The van der Waals surface area contributed by atoms with Crippen LogP contribution in [0.3, 0.4) is 0 Å². The fraction of sp³-hybridized carbons (Fsp3) is 0.286. The first-order chi connectivity index (χ1) is 13.2. The standard InChI is InChI=1S/C21H23N3O3/c1-15-23-24-21(27-15)18(16-8-4-3-5-9-16)14-20(25)22-13-12-17-10-6-7-11-19(17)26-2/h3-11,18H,12-14H2,1-2H3,(H,22,25). The number of aromatic nitrogens is 2. The lowest BCUT2D eigenvalue weighted by Gasteiger charge is -2.14. The number of carbonyl (C=O) groups is 1. The van der Waals surface area contributed by atoms with Gasteiger partial charge in [0.2, 0.25) is 17.7 Å². The monoisotopic (exact) mass is 365 g/mol. The first kappa shape index (κ1) is 18.6. The van der Waals surface area contributed by atoms with Crippen molar-refractivity contribution in [1.29, 1.82) is 0 Å². The minimum absolute atomic E-state index is 0.0606. The molecule has 0 saturated carbocycles. The molecular weight excluding hydrogens is 342 g/mol. The highest BCUT2D eigenvalue weighted by molar-refractivity contribution is 5.77. The Morgan fingerprint density at radius 3 is 2.56 bits per heavy atom. The van der Waals surface area contributed by atoms with Crippen LogP contribution in [-0.4, -0.2) is 29.8 Å². The molecule has 1 amide bonds. The van der Waals surface area contributed by atoms with E-state index in [1.54, 1.807) is 14.0 Å². The van der Waals surface area contributed by atoms with Gasteiger partial charge >= 0.3 is 0 Å². The third kappa shape index (κ3) is 4.94. The number of methoxy groups -OCH3 is 1. The molecule has 0 fully saturated rings. The summed E-state index contributed by atoms with van der Waals surface area (Å²) in [7, 11) is 1.65. The molecule has 0 bridgehead atoms. The molecule has 0 radical (unpaired) electrons. The second kappa shape index (κ2) is 8.98. The fourth-order valence-corrected chi connectivity index (χ4v) is 2.99. The molecule has 1 unspecified atom stereocenters. The summed E-state index contributed by atoms with van der Waals surface area (Å²) in [4.78, 5) is 12.5. The van der Waals surface area contributed by atoms with E-state index >= 15 is 0 Å². The van der Waals surface area contributed by atoms with Gasteiger partial charge in [-0.2, -0.15) is 0 Å². The maximum absolute atomic E-state index is 12.5. The van der Waals surface area contributed by atoms with Crippen molar-refractivity contribution in [3.05, 3.63) is 77.5 Å². The summed E-state index contributed by atoms with van der Waals surface area (Å²) in [5.74, 6) is 1.45. The third-order valence-electron chi connectivity index (χ3n) is 4.34.